The molecular formula is C35H46ClFN2O4. The largest absolute Gasteiger partial charge is 0.390 e. The Morgan fingerprint density at radius 1 is 1.16 bits per heavy atom. The molecule has 0 aromatic heterocycles. The maximum absolute atomic E-state index is 16.9. The summed E-state index contributed by atoms with van der Waals surface area (Å²) >= 11 is 0. The van der Waals surface area contributed by atoms with Gasteiger partial charge in [0.25, 0.3) is 0 Å². The monoisotopic (exact) mass is 612 g/mol. The fourth-order valence-electron chi connectivity index (χ4n) is 9.87. The number of nitrogens with zero attached hydrogens (tertiary/aromatic N) is 1. The summed E-state index contributed by atoms with van der Waals surface area (Å²) in [6.45, 7) is 8.98. The second kappa shape index (κ2) is 11.2. The van der Waals surface area contributed by atoms with Gasteiger partial charge >= 0.3 is 0 Å². The van der Waals surface area contributed by atoms with Crippen molar-refractivity contribution in [2.75, 3.05) is 13.1 Å². The third kappa shape index (κ3) is 4.59. The van der Waals surface area contributed by atoms with Gasteiger partial charge in [-0.05, 0) is 93.9 Å². The van der Waals surface area contributed by atoms with E-state index in [-0.39, 0.29) is 42.2 Å². The number of hydrogen-bond donors (Lipinski definition) is 3. The third-order valence-corrected chi connectivity index (χ3v) is 12.1. The lowest BCUT2D eigenvalue weighted by molar-refractivity contribution is -0.219. The number of aliphatic hydroxyl groups is 2. The number of benzene rings is 1. The summed E-state index contributed by atoms with van der Waals surface area (Å²) in [6.07, 6.45) is 8.46. The van der Waals surface area contributed by atoms with Gasteiger partial charge in [0.2, 0.25) is 0 Å². The number of carbonyl (C=O) groups excluding carboxylic acids is 2. The number of carbonyl (C=O) groups is 2. The van der Waals surface area contributed by atoms with Crippen molar-refractivity contribution < 1.29 is 24.2 Å². The van der Waals surface area contributed by atoms with Gasteiger partial charge in [-0.2, -0.15) is 0 Å². The van der Waals surface area contributed by atoms with E-state index in [2.05, 4.69) is 34.6 Å². The number of aliphatic imine (C=N–C) groups is 1. The highest BCUT2D eigenvalue weighted by Gasteiger charge is 2.74. The number of alkyl halides is 1. The number of hydrogen-bond acceptors (Lipinski definition) is 6. The number of allylic oxidation sites excluding steroid dienone is 4. The molecule has 5 aliphatic carbocycles. The van der Waals surface area contributed by atoms with Gasteiger partial charge in [0, 0.05) is 29.2 Å². The molecule has 3 N–H and O–H groups in total. The average molecular weight is 613 g/mol. The van der Waals surface area contributed by atoms with E-state index < -0.39 is 34.1 Å². The van der Waals surface area contributed by atoms with Crippen LogP contribution in [-0.4, -0.2) is 58.1 Å². The summed E-state index contributed by atoms with van der Waals surface area (Å²) in [4.78, 5) is 28.8. The number of Topliss-reactive ketones (excluding diaryl/α,β-unsaturated/α-hetero) is 1. The summed E-state index contributed by atoms with van der Waals surface area (Å²) in [7, 11) is 0. The Labute approximate surface area is 260 Å². The van der Waals surface area contributed by atoms with Crippen LogP contribution in [0.4, 0.5) is 4.39 Å². The molecule has 7 rings (SSSR count). The molecule has 1 unspecified atom stereocenters. The molecule has 1 aromatic carbocycles. The quantitative estimate of drug-likeness (QED) is 0.412. The molecule has 0 spiro atoms. The topological polar surface area (TPSA) is 99.0 Å². The molecule has 234 valence electrons. The van der Waals surface area contributed by atoms with Crippen LogP contribution in [-0.2, 0) is 16.0 Å². The van der Waals surface area contributed by atoms with Crippen molar-refractivity contribution in [1.82, 2.24) is 5.32 Å². The molecule has 3 saturated carbocycles. The maximum Gasteiger partial charge on any atom is 0.178 e. The molecule has 0 radical (unpaired) electrons. The first-order valence-corrected chi connectivity index (χ1v) is 15.8. The fraction of sp³-hybridized carbons (Fsp3) is 0.629. The molecular weight excluding hydrogens is 567 g/mol. The van der Waals surface area contributed by atoms with Crippen LogP contribution in [0, 0.1) is 28.6 Å². The van der Waals surface area contributed by atoms with Crippen molar-refractivity contribution in [3.05, 3.63) is 59.2 Å². The van der Waals surface area contributed by atoms with Gasteiger partial charge in [0.15, 0.2) is 17.2 Å². The summed E-state index contributed by atoms with van der Waals surface area (Å²) in [5.74, 6) is 0.655. The minimum Gasteiger partial charge on any atom is -0.390 e. The Bertz CT molecular complexity index is 1390. The molecule has 9 atom stereocenters. The Balaban J connectivity index is 0.000000194. The average Bonchev–Trinajstić information content (AvgIpc) is 3.59. The predicted octanol–water partition coefficient (Wildman–Crippen LogP) is 5.45. The summed E-state index contributed by atoms with van der Waals surface area (Å²) in [5.41, 5.74) is -1.57. The molecule has 0 amide bonds. The molecule has 8 heteroatoms. The lowest BCUT2D eigenvalue weighted by atomic mass is 9.43. The van der Waals surface area contributed by atoms with Gasteiger partial charge in [-0.25, -0.2) is 4.39 Å². The lowest BCUT2D eigenvalue weighted by Gasteiger charge is -2.63. The zero-order valence-electron chi connectivity index (χ0n) is 25.7. The number of aryl methyl sites for hydroxylation is 1. The van der Waals surface area contributed by atoms with Crippen LogP contribution >= 0.6 is 12.4 Å². The first-order valence-electron chi connectivity index (χ1n) is 15.8. The number of halogens is 2. The van der Waals surface area contributed by atoms with Crippen LogP contribution in [0.5, 0.6) is 0 Å². The SMILES string of the molecule is CC(=O)[C@@]1(O)CC[C@H]2[C@@H]3C[C@H](C)C4=CC(=O)C=C[C@]4(C)[C@@]3(F)[C@@H](O)C[C@@]21C.Cl.c1ccc2c(c1)CCCC2C1=NCCN1. The van der Waals surface area contributed by atoms with Crippen molar-refractivity contribution in [3.8, 4) is 0 Å². The van der Waals surface area contributed by atoms with Gasteiger partial charge in [0.05, 0.1) is 12.6 Å². The summed E-state index contributed by atoms with van der Waals surface area (Å²) < 4.78 is 16.9. The van der Waals surface area contributed by atoms with E-state index in [0.29, 0.717) is 25.2 Å². The molecule has 1 aromatic rings. The number of aliphatic hydroxyl groups excluding tert-OH is 1. The third-order valence-electron chi connectivity index (χ3n) is 12.1. The molecule has 43 heavy (non-hydrogen) atoms. The molecule has 0 saturated heterocycles. The molecule has 1 aliphatic heterocycles. The van der Waals surface area contributed by atoms with E-state index in [4.69, 9.17) is 0 Å². The number of fused-ring (bicyclic) bond motifs is 6. The molecule has 6 aliphatic rings. The van der Waals surface area contributed by atoms with Crippen LogP contribution < -0.4 is 5.32 Å². The Morgan fingerprint density at radius 2 is 1.91 bits per heavy atom. The van der Waals surface area contributed by atoms with E-state index in [0.717, 1.165) is 18.7 Å². The standard InChI is InChI=1S/C22H29FO4.C13H16N2.ClH/c1-12-9-17-15-6-8-21(27,13(2)24)20(15,4)11-18(26)22(17,23)19(3)7-5-14(25)10-16(12)19;1-2-6-11-10(4-1)5-3-7-12(11)13-14-8-9-15-13;/h5,7,10,12,15,17-18,26-27H,6,8-9,11H2,1-4H3;1-2,4,6,12H,3,5,7-9H2,(H,14,15);1H/t12-,15-,17-,18-,19-,20-,21-,22-;;/m0../s1. The number of nitrogens with one attached hydrogen (secondary N) is 1. The van der Waals surface area contributed by atoms with Gasteiger partial charge in [-0.3, -0.25) is 14.6 Å². The zero-order valence-corrected chi connectivity index (χ0v) is 26.6. The molecule has 1 heterocycles. The predicted molar refractivity (Wildman–Crippen MR) is 168 cm³/mol. The van der Waals surface area contributed by atoms with E-state index in [1.165, 1.54) is 55.3 Å². The van der Waals surface area contributed by atoms with E-state index in [9.17, 15) is 19.8 Å². The zero-order chi connectivity index (χ0) is 30.1. The first-order chi connectivity index (χ1) is 19.9. The van der Waals surface area contributed by atoms with Crippen LogP contribution in [0.3, 0.4) is 0 Å². The fourth-order valence-corrected chi connectivity index (χ4v) is 9.87. The van der Waals surface area contributed by atoms with Gasteiger partial charge in [-0.15, -0.1) is 12.4 Å². The minimum absolute atomic E-state index is 0. The van der Waals surface area contributed by atoms with E-state index >= 15 is 4.39 Å². The van der Waals surface area contributed by atoms with Crippen LogP contribution in [0.25, 0.3) is 0 Å². The number of ketones is 2. The van der Waals surface area contributed by atoms with E-state index in [1.54, 1.807) is 13.0 Å². The van der Waals surface area contributed by atoms with Crippen molar-refractivity contribution in [2.24, 2.45) is 33.6 Å². The van der Waals surface area contributed by atoms with E-state index in [1.807, 2.05) is 13.8 Å². The molecule has 0 bridgehead atoms. The highest BCUT2D eigenvalue weighted by molar-refractivity contribution is 6.01. The summed E-state index contributed by atoms with van der Waals surface area (Å²) in [5, 5.41) is 25.7. The van der Waals surface area contributed by atoms with Crippen LogP contribution in [0.15, 0.2) is 53.1 Å². The van der Waals surface area contributed by atoms with Crippen molar-refractivity contribution >= 4 is 29.8 Å². The van der Waals surface area contributed by atoms with Crippen LogP contribution in [0.2, 0.25) is 0 Å². The van der Waals surface area contributed by atoms with Gasteiger partial charge in [0.1, 0.15) is 11.4 Å². The van der Waals surface area contributed by atoms with Crippen molar-refractivity contribution in [2.45, 2.75) is 95.9 Å². The Kier molecular flexibility index (Phi) is 8.37. The Morgan fingerprint density at radius 3 is 2.60 bits per heavy atom. The normalized spacial score (nSPS) is 42.4. The first kappa shape index (κ1) is 32.1. The lowest BCUT2D eigenvalue weighted by Crippen LogP contribution is -2.69. The summed E-state index contributed by atoms with van der Waals surface area (Å²) in [6, 6.07) is 8.82. The second-order valence-electron chi connectivity index (χ2n) is 14.1. The number of amidine groups is 1. The van der Waals surface area contributed by atoms with Crippen molar-refractivity contribution in [3.63, 3.8) is 0 Å². The second-order valence-corrected chi connectivity index (χ2v) is 14.1. The maximum atomic E-state index is 16.9. The minimum atomic E-state index is -1.92. The number of rotatable bonds is 2. The highest BCUT2D eigenvalue weighted by atomic mass is 35.5. The van der Waals surface area contributed by atoms with Gasteiger partial charge < -0.3 is 15.5 Å². The Hall–Kier alpha value is -2.35. The van der Waals surface area contributed by atoms with Gasteiger partial charge in [-0.1, -0.05) is 49.8 Å². The molecule has 6 nitrogen and oxygen atoms in total. The highest BCUT2D eigenvalue weighted by Crippen LogP contribution is 2.70. The van der Waals surface area contributed by atoms with Crippen molar-refractivity contribution in [1.29, 1.82) is 0 Å². The van der Waals surface area contributed by atoms with Crippen LogP contribution in [0.1, 0.15) is 83.3 Å². The smallest absolute Gasteiger partial charge is 0.178 e. The molecule has 3 fully saturated rings.